The molecule has 9 heteroatoms. The summed E-state index contributed by atoms with van der Waals surface area (Å²) in [5.41, 5.74) is 4.04. The first-order chi connectivity index (χ1) is 15.7. The predicted octanol–water partition coefficient (Wildman–Crippen LogP) is 3.18. The van der Waals surface area contributed by atoms with Crippen molar-refractivity contribution in [1.29, 1.82) is 0 Å². The molecule has 166 valence electrons. The molecule has 32 heavy (non-hydrogen) atoms. The second-order valence-corrected chi connectivity index (χ2v) is 8.34. The molecule has 0 spiro atoms. The van der Waals surface area contributed by atoms with Crippen molar-refractivity contribution in [2.45, 2.75) is 45.3 Å². The molecule has 1 aliphatic heterocycles. The fourth-order valence-corrected chi connectivity index (χ4v) is 4.00. The number of benzene rings is 1. The van der Waals surface area contributed by atoms with Crippen LogP contribution in [0.5, 0.6) is 6.01 Å². The number of hydrogen-bond acceptors (Lipinski definition) is 7. The number of imidazole rings is 1. The highest BCUT2D eigenvalue weighted by molar-refractivity contribution is 5.53. The molecule has 0 unspecified atom stereocenters. The average Bonchev–Trinajstić information content (AvgIpc) is 3.49. The molecule has 4 aromatic rings. The first-order valence-electron chi connectivity index (χ1n) is 11.1. The van der Waals surface area contributed by atoms with Crippen molar-refractivity contribution >= 4 is 11.6 Å². The summed E-state index contributed by atoms with van der Waals surface area (Å²) in [6, 6.07) is 8.62. The first-order valence-corrected chi connectivity index (χ1v) is 11.1. The summed E-state index contributed by atoms with van der Waals surface area (Å²) in [7, 11) is 0. The lowest BCUT2D eigenvalue weighted by molar-refractivity contribution is 0.149. The van der Waals surface area contributed by atoms with E-state index in [9.17, 15) is 0 Å². The van der Waals surface area contributed by atoms with Crippen LogP contribution in [0.1, 0.15) is 43.7 Å². The highest BCUT2D eigenvalue weighted by Gasteiger charge is 2.20. The number of para-hydroxylation sites is 1. The van der Waals surface area contributed by atoms with E-state index >= 15 is 0 Å². The topological polar surface area (TPSA) is 94.2 Å². The minimum Gasteiger partial charge on any atom is -0.460 e. The van der Waals surface area contributed by atoms with Crippen molar-refractivity contribution in [2.75, 3.05) is 18.4 Å². The van der Waals surface area contributed by atoms with Gasteiger partial charge < -0.3 is 19.9 Å². The van der Waals surface area contributed by atoms with Crippen LogP contribution in [0.3, 0.4) is 0 Å². The van der Waals surface area contributed by atoms with Gasteiger partial charge in [-0.3, -0.25) is 0 Å². The van der Waals surface area contributed by atoms with E-state index in [4.69, 9.17) is 14.7 Å². The summed E-state index contributed by atoms with van der Waals surface area (Å²) in [6.45, 7) is 6.76. The molecule has 0 radical (unpaired) electrons. The maximum Gasteiger partial charge on any atom is 0.322 e. The van der Waals surface area contributed by atoms with E-state index in [1.165, 1.54) is 0 Å². The Morgan fingerprint density at radius 3 is 2.81 bits per heavy atom. The summed E-state index contributed by atoms with van der Waals surface area (Å²) in [5, 5.41) is 11.4. The Kier molecular flexibility index (Phi) is 5.72. The molecule has 1 aromatic carbocycles. The third-order valence-electron chi connectivity index (χ3n) is 5.77. The van der Waals surface area contributed by atoms with Gasteiger partial charge in [0, 0.05) is 24.5 Å². The van der Waals surface area contributed by atoms with E-state index in [1.54, 1.807) is 17.0 Å². The maximum atomic E-state index is 6.19. The molecule has 1 saturated heterocycles. The van der Waals surface area contributed by atoms with Crippen molar-refractivity contribution in [3.05, 3.63) is 60.3 Å². The van der Waals surface area contributed by atoms with Crippen LogP contribution < -0.4 is 15.4 Å². The molecule has 1 fully saturated rings. The Balaban J connectivity index is 1.46. The highest BCUT2D eigenvalue weighted by atomic mass is 16.5. The number of hydrogen-bond donors (Lipinski definition) is 2. The van der Waals surface area contributed by atoms with Gasteiger partial charge in [-0.15, -0.1) is 0 Å². The fraction of sp³-hybridized carbons (Fsp3) is 0.391. The lowest BCUT2D eigenvalue weighted by atomic mass is 10.1. The van der Waals surface area contributed by atoms with E-state index in [-0.39, 0.29) is 6.10 Å². The molecule has 4 heterocycles. The highest BCUT2D eigenvalue weighted by Crippen LogP contribution is 2.24. The number of aromatic nitrogens is 6. The van der Waals surface area contributed by atoms with Crippen LogP contribution in [0.4, 0.5) is 5.95 Å². The predicted molar refractivity (Wildman–Crippen MR) is 122 cm³/mol. The molecule has 0 saturated carbocycles. The number of nitrogens with zero attached hydrogens (tertiary/aromatic N) is 6. The monoisotopic (exact) mass is 432 g/mol. The quantitative estimate of drug-likeness (QED) is 0.463. The van der Waals surface area contributed by atoms with Gasteiger partial charge in [0.25, 0.3) is 0 Å². The van der Waals surface area contributed by atoms with E-state index in [0.717, 1.165) is 48.4 Å². The van der Waals surface area contributed by atoms with Gasteiger partial charge in [0.1, 0.15) is 6.10 Å². The number of nitrogens with one attached hydrogen (secondary N) is 2. The van der Waals surface area contributed by atoms with Gasteiger partial charge in [0.2, 0.25) is 5.95 Å². The van der Waals surface area contributed by atoms with Gasteiger partial charge in [-0.2, -0.15) is 19.6 Å². The molecule has 0 aliphatic carbocycles. The zero-order chi connectivity index (χ0) is 21.9. The average molecular weight is 433 g/mol. The minimum absolute atomic E-state index is 0.124. The SMILES string of the molecule is CC(C)c1cnn2c(NCc3ccccc3-n3ccnc3)nc(OC3CCNCC3)nc12. The molecule has 2 N–H and O–H groups in total. The smallest absolute Gasteiger partial charge is 0.322 e. The largest absolute Gasteiger partial charge is 0.460 e. The lowest BCUT2D eigenvalue weighted by Crippen LogP contribution is -2.34. The van der Waals surface area contributed by atoms with Crippen LogP contribution in [0.15, 0.2) is 49.2 Å². The summed E-state index contributed by atoms with van der Waals surface area (Å²) in [4.78, 5) is 13.6. The Morgan fingerprint density at radius 2 is 2.03 bits per heavy atom. The van der Waals surface area contributed by atoms with Gasteiger partial charge in [-0.25, -0.2) is 4.98 Å². The van der Waals surface area contributed by atoms with E-state index in [2.05, 4.69) is 46.7 Å². The van der Waals surface area contributed by atoms with Crippen molar-refractivity contribution < 1.29 is 4.74 Å². The molecule has 5 rings (SSSR count). The summed E-state index contributed by atoms with van der Waals surface area (Å²) < 4.78 is 9.96. The number of piperidine rings is 1. The second kappa shape index (κ2) is 8.96. The van der Waals surface area contributed by atoms with Gasteiger partial charge in [-0.1, -0.05) is 32.0 Å². The molecule has 9 nitrogen and oxygen atoms in total. The van der Waals surface area contributed by atoms with Crippen LogP contribution >= 0.6 is 0 Å². The standard InChI is InChI=1S/C23H28N8O/c1-16(2)19-14-27-31-21(19)28-23(32-18-7-9-24-10-8-18)29-22(31)26-13-17-5-3-4-6-20(17)30-12-11-25-15-30/h3-6,11-12,14-16,18,24H,7-10,13H2,1-2H3,(H,26,28,29). The van der Waals surface area contributed by atoms with Gasteiger partial charge in [-0.05, 0) is 43.5 Å². The molecular formula is C23H28N8O. The van der Waals surface area contributed by atoms with Gasteiger partial charge in [0.05, 0.1) is 18.2 Å². The lowest BCUT2D eigenvalue weighted by Gasteiger charge is -2.23. The molecule has 0 amide bonds. The zero-order valence-electron chi connectivity index (χ0n) is 18.4. The summed E-state index contributed by atoms with van der Waals surface area (Å²) in [6.07, 6.45) is 9.41. The van der Waals surface area contributed by atoms with Crippen molar-refractivity contribution in [3.63, 3.8) is 0 Å². The number of rotatable bonds is 7. The van der Waals surface area contributed by atoms with E-state index in [1.807, 2.05) is 29.1 Å². The van der Waals surface area contributed by atoms with Crippen LogP contribution in [0, 0.1) is 0 Å². The normalized spacial score (nSPS) is 14.8. The molecular weight excluding hydrogens is 404 g/mol. The first kappa shape index (κ1) is 20.4. The molecule has 0 bridgehead atoms. The van der Waals surface area contributed by atoms with Crippen LogP contribution in [0.25, 0.3) is 11.3 Å². The van der Waals surface area contributed by atoms with Gasteiger partial charge in [0.15, 0.2) is 5.65 Å². The third kappa shape index (κ3) is 4.16. The van der Waals surface area contributed by atoms with Crippen molar-refractivity contribution in [1.82, 2.24) is 34.4 Å². The number of fused-ring (bicyclic) bond motifs is 1. The number of anilines is 1. The Morgan fingerprint density at radius 1 is 1.19 bits per heavy atom. The Hall–Kier alpha value is -3.46. The van der Waals surface area contributed by atoms with E-state index in [0.29, 0.717) is 24.4 Å². The second-order valence-electron chi connectivity index (χ2n) is 8.34. The molecule has 0 atom stereocenters. The fourth-order valence-electron chi connectivity index (χ4n) is 4.00. The van der Waals surface area contributed by atoms with E-state index < -0.39 is 0 Å². The molecule has 1 aliphatic rings. The van der Waals surface area contributed by atoms with Crippen LogP contribution in [-0.2, 0) is 6.54 Å². The Bertz CT molecular complexity index is 1180. The number of ether oxygens (including phenoxy) is 1. The van der Waals surface area contributed by atoms with Crippen LogP contribution in [-0.4, -0.2) is 48.3 Å². The van der Waals surface area contributed by atoms with Crippen molar-refractivity contribution in [2.24, 2.45) is 0 Å². The minimum atomic E-state index is 0.124. The van der Waals surface area contributed by atoms with Gasteiger partial charge >= 0.3 is 6.01 Å². The maximum absolute atomic E-state index is 6.19. The summed E-state index contributed by atoms with van der Waals surface area (Å²) in [5.74, 6) is 0.912. The zero-order valence-corrected chi connectivity index (χ0v) is 18.4. The van der Waals surface area contributed by atoms with Crippen LogP contribution in [0.2, 0.25) is 0 Å². The molecule has 3 aromatic heterocycles. The summed E-state index contributed by atoms with van der Waals surface area (Å²) >= 11 is 0. The third-order valence-corrected chi connectivity index (χ3v) is 5.77. The van der Waals surface area contributed by atoms with Crippen molar-refractivity contribution in [3.8, 4) is 11.7 Å². The Labute approximate surface area is 186 Å².